The molecule has 0 atom stereocenters. The van der Waals surface area contributed by atoms with Crippen LogP contribution in [0.1, 0.15) is 21.7 Å². The summed E-state index contributed by atoms with van der Waals surface area (Å²) >= 11 is 0. The summed E-state index contributed by atoms with van der Waals surface area (Å²) in [5.41, 5.74) is 6.92. The van der Waals surface area contributed by atoms with E-state index in [1.807, 2.05) is 0 Å². The van der Waals surface area contributed by atoms with E-state index < -0.39 is 0 Å². The molecule has 19 heavy (non-hydrogen) atoms. The molecule has 0 aromatic carbocycles. The van der Waals surface area contributed by atoms with Gasteiger partial charge in [0.05, 0.1) is 12.2 Å². The Bertz CT molecular complexity index is 635. The SMILES string of the molecule is Cc1coc(NC(=O)c2ccc(C#CCN)cn2)n1. The highest BCUT2D eigenvalue weighted by molar-refractivity contribution is 6.01. The summed E-state index contributed by atoms with van der Waals surface area (Å²) in [6.45, 7) is 2.05. The van der Waals surface area contributed by atoms with E-state index in [2.05, 4.69) is 27.1 Å². The Balaban J connectivity index is 2.07. The van der Waals surface area contributed by atoms with Gasteiger partial charge in [0.25, 0.3) is 5.91 Å². The number of nitrogens with one attached hydrogen (secondary N) is 1. The fourth-order valence-electron chi connectivity index (χ4n) is 1.33. The van der Waals surface area contributed by atoms with Crippen LogP contribution >= 0.6 is 0 Å². The van der Waals surface area contributed by atoms with Crippen molar-refractivity contribution < 1.29 is 9.21 Å². The second kappa shape index (κ2) is 5.80. The summed E-state index contributed by atoms with van der Waals surface area (Å²) in [5, 5.41) is 2.51. The predicted molar refractivity (Wildman–Crippen MR) is 69.4 cm³/mol. The van der Waals surface area contributed by atoms with Gasteiger partial charge in [-0.05, 0) is 19.1 Å². The summed E-state index contributed by atoms with van der Waals surface area (Å²) < 4.78 is 5.03. The van der Waals surface area contributed by atoms with Gasteiger partial charge in [-0.25, -0.2) is 4.98 Å². The molecule has 0 saturated heterocycles. The van der Waals surface area contributed by atoms with Gasteiger partial charge < -0.3 is 10.2 Å². The summed E-state index contributed by atoms with van der Waals surface area (Å²) in [4.78, 5) is 19.8. The van der Waals surface area contributed by atoms with Crippen molar-refractivity contribution in [3.05, 3.63) is 41.5 Å². The van der Waals surface area contributed by atoms with E-state index in [-0.39, 0.29) is 24.2 Å². The predicted octanol–water partition coefficient (Wildman–Crippen LogP) is 0.941. The third kappa shape index (κ3) is 3.40. The highest BCUT2D eigenvalue weighted by atomic mass is 16.4. The molecular formula is C13H12N4O2. The largest absolute Gasteiger partial charge is 0.432 e. The lowest BCUT2D eigenvalue weighted by molar-refractivity contribution is 0.101. The lowest BCUT2D eigenvalue weighted by atomic mass is 10.2. The first-order valence-corrected chi connectivity index (χ1v) is 5.57. The Morgan fingerprint density at radius 3 is 2.95 bits per heavy atom. The number of pyridine rings is 1. The normalized spacial score (nSPS) is 9.58. The smallest absolute Gasteiger partial charge is 0.301 e. The number of hydrogen-bond donors (Lipinski definition) is 2. The van der Waals surface area contributed by atoms with Gasteiger partial charge in [-0.15, -0.1) is 0 Å². The van der Waals surface area contributed by atoms with Crippen LogP contribution in [0.25, 0.3) is 0 Å². The molecule has 0 fully saturated rings. The number of carbonyl (C=O) groups excluding carboxylic acids is 1. The molecule has 0 radical (unpaired) electrons. The number of hydrogen-bond acceptors (Lipinski definition) is 5. The van der Waals surface area contributed by atoms with E-state index in [1.54, 1.807) is 19.1 Å². The van der Waals surface area contributed by atoms with E-state index in [1.165, 1.54) is 12.5 Å². The third-order valence-electron chi connectivity index (χ3n) is 2.17. The molecule has 0 aliphatic rings. The maximum Gasteiger partial charge on any atom is 0.301 e. The third-order valence-corrected chi connectivity index (χ3v) is 2.17. The number of aryl methyl sites for hydroxylation is 1. The molecule has 96 valence electrons. The average Bonchev–Trinajstić information content (AvgIpc) is 2.82. The summed E-state index contributed by atoms with van der Waals surface area (Å²) in [6.07, 6.45) is 2.97. The minimum Gasteiger partial charge on any atom is -0.432 e. The number of aromatic nitrogens is 2. The van der Waals surface area contributed by atoms with Gasteiger partial charge in [-0.1, -0.05) is 11.8 Å². The van der Waals surface area contributed by atoms with E-state index in [9.17, 15) is 4.79 Å². The zero-order chi connectivity index (χ0) is 13.7. The molecule has 0 saturated carbocycles. The monoisotopic (exact) mass is 256 g/mol. The molecule has 6 nitrogen and oxygen atoms in total. The molecule has 2 rings (SSSR count). The van der Waals surface area contributed by atoms with Gasteiger partial charge in [-0.3, -0.25) is 10.1 Å². The van der Waals surface area contributed by atoms with Gasteiger partial charge >= 0.3 is 6.01 Å². The van der Waals surface area contributed by atoms with Crippen LogP contribution in [-0.4, -0.2) is 22.4 Å². The number of anilines is 1. The topological polar surface area (TPSA) is 94.0 Å². The highest BCUT2D eigenvalue weighted by Crippen LogP contribution is 2.08. The Kier molecular flexibility index (Phi) is 3.90. The second-order valence-corrected chi connectivity index (χ2v) is 3.69. The van der Waals surface area contributed by atoms with E-state index in [0.29, 0.717) is 11.3 Å². The quantitative estimate of drug-likeness (QED) is 0.780. The van der Waals surface area contributed by atoms with Crippen LogP contribution in [0.4, 0.5) is 6.01 Å². The first-order valence-electron chi connectivity index (χ1n) is 5.57. The molecule has 0 spiro atoms. The molecule has 0 aliphatic heterocycles. The van der Waals surface area contributed by atoms with E-state index >= 15 is 0 Å². The van der Waals surface area contributed by atoms with Crippen molar-refractivity contribution >= 4 is 11.9 Å². The molecule has 0 aliphatic carbocycles. The minimum absolute atomic E-state index is 0.149. The van der Waals surface area contributed by atoms with Crippen molar-refractivity contribution in [2.45, 2.75) is 6.92 Å². The van der Waals surface area contributed by atoms with E-state index in [4.69, 9.17) is 10.2 Å². The van der Waals surface area contributed by atoms with Crippen LogP contribution in [-0.2, 0) is 0 Å². The van der Waals surface area contributed by atoms with Crippen molar-refractivity contribution in [2.75, 3.05) is 11.9 Å². The fourth-order valence-corrected chi connectivity index (χ4v) is 1.33. The summed E-state index contributed by atoms with van der Waals surface area (Å²) in [6, 6.07) is 3.42. The Hall–Kier alpha value is -2.65. The number of oxazole rings is 1. The first kappa shape index (κ1) is 12.8. The lowest BCUT2D eigenvalue weighted by Gasteiger charge is -1.99. The first-order chi connectivity index (χ1) is 9.19. The molecular weight excluding hydrogens is 244 g/mol. The van der Waals surface area contributed by atoms with Crippen molar-refractivity contribution in [3.63, 3.8) is 0 Å². The average molecular weight is 256 g/mol. The number of nitrogens with two attached hydrogens (primary N) is 1. The number of nitrogens with zero attached hydrogens (tertiary/aromatic N) is 2. The van der Waals surface area contributed by atoms with Gasteiger partial charge in [0.2, 0.25) is 0 Å². The maximum atomic E-state index is 11.8. The Morgan fingerprint density at radius 2 is 2.37 bits per heavy atom. The van der Waals surface area contributed by atoms with Crippen molar-refractivity contribution in [2.24, 2.45) is 5.73 Å². The van der Waals surface area contributed by atoms with Gasteiger partial charge in [-0.2, -0.15) is 4.98 Å². The molecule has 0 unspecified atom stereocenters. The lowest BCUT2D eigenvalue weighted by Crippen LogP contribution is -2.13. The van der Waals surface area contributed by atoms with Crippen LogP contribution in [0.2, 0.25) is 0 Å². The fraction of sp³-hybridized carbons (Fsp3) is 0.154. The Labute approximate surface area is 110 Å². The van der Waals surface area contributed by atoms with Crippen LogP contribution in [0.5, 0.6) is 0 Å². The molecule has 0 bridgehead atoms. The number of carbonyl (C=O) groups is 1. The van der Waals surface area contributed by atoms with Crippen LogP contribution in [0, 0.1) is 18.8 Å². The number of rotatable bonds is 2. The van der Waals surface area contributed by atoms with Crippen molar-refractivity contribution in [3.8, 4) is 11.8 Å². The van der Waals surface area contributed by atoms with Gasteiger partial charge in [0, 0.05) is 11.8 Å². The summed E-state index contributed by atoms with van der Waals surface area (Å²) in [5.74, 6) is 5.14. The maximum absolute atomic E-state index is 11.8. The highest BCUT2D eigenvalue weighted by Gasteiger charge is 2.10. The van der Waals surface area contributed by atoms with Crippen LogP contribution in [0.15, 0.2) is 29.0 Å². The molecule has 1 amide bonds. The zero-order valence-corrected chi connectivity index (χ0v) is 10.3. The summed E-state index contributed by atoms with van der Waals surface area (Å²) in [7, 11) is 0. The molecule has 2 heterocycles. The standard InChI is InChI=1S/C13H12N4O2/c1-9-8-19-13(16-9)17-12(18)11-5-4-10(7-15-11)3-2-6-14/h4-5,7-8H,6,14H2,1H3,(H,16,17,18). The van der Waals surface area contributed by atoms with Crippen molar-refractivity contribution in [1.29, 1.82) is 0 Å². The van der Waals surface area contributed by atoms with Crippen LogP contribution < -0.4 is 11.1 Å². The molecule has 3 N–H and O–H groups in total. The number of amides is 1. The minimum atomic E-state index is -0.389. The Morgan fingerprint density at radius 1 is 1.53 bits per heavy atom. The zero-order valence-electron chi connectivity index (χ0n) is 10.3. The van der Waals surface area contributed by atoms with E-state index in [0.717, 1.165) is 0 Å². The van der Waals surface area contributed by atoms with Gasteiger partial charge in [0.15, 0.2) is 0 Å². The second-order valence-electron chi connectivity index (χ2n) is 3.69. The van der Waals surface area contributed by atoms with Crippen molar-refractivity contribution in [1.82, 2.24) is 9.97 Å². The van der Waals surface area contributed by atoms with Crippen LogP contribution in [0.3, 0.4) is 0 Å². The molecule has 2 aromatic heterocycles. The molecule has 2 aromatic rings. The molecule has 6 heteroatoms. The van der Waals surface area contributed by atoms with Gasteiger partial charge in [0.1, 0.15) is 12.0 Å².